The first kappa shape index (κ1) is 59.2. The van der Waals surface area contributed by atoms with Crippen LogP contribution in [0.3, 0.4) is 0 Å². The molecule has 0 aliphatic heterocycles. The molecule has 0 saturated carbocycles. The highest BCUT2D eigenvalue weighted by atomic mass is 16.5. The molecule has 0 aliphatic carbocycles. The Balaban J connectivity index is 0.000000888. The van der Waals surface area contributed by atoms with Gasteiger partial charge in [-0.2, -0.15) is 0 Å². The van der Waals surface area contributed by atoms with Crippen molar-refractivity contribution in [1.29, 1.82) is 0 Å². The fraction of sp³-hybridized carbons (Fsp3) is 0.186. The third-order valence-electron chi connectivity index (χ3n) is 8.12. The molecule has 0 spiro atoms. The lowest BCUT2D eigenvalue weighted by Crippen LogP contribution is -2.11. The van der Waals surface area contributed by atoms with E-state index in [1.807, 2.05) is 149 Å². The molecule has 0 fully saturated rings. The summed E-state index contributed by atoms with van der Waals surface area (Å²) < 4.78 is 20.1. The number of hydrogen-bond donors (Lipinski definition) is 0. The van der Waals surface area contributed by atoms with Crippen LogP contribution >= 0.6 is 0 Å². The van der Waals surface area contributed by atoms with E-state index in [2.05, 4.69) is 36.5 Å². The molecule has 352 valence electrons. The molecule has 67 heavy (non-hydrogen) atoms. The average Bonchev–Trinajstić information content (AvgIpc) is 3.39. The van der Waals surface area contributed by atoms with Crippen molar-refractivity contribution in [3.63, 3.8) is 0 Å². The van der Waals surface area contributed by atoms with E-state index < -0.39 is 23.9 Å². The molecule has 0 unspecified atom stereocenters. The van der Waals surface area contributed by atoms with Crippen LogP contribution < -0.4 is 9.47 Å². The van der Waals surface area contributed by atoms with E-state index in [1.165, 1.54) is 32.8 Å². The van der Waals surface area contributed by atoms with Gasteiger partial charge in [-0.3, -0.25) is 0 Å². The summed E-state index contributed by atoms with van der Waals surface area (Å²) in [4.78, 5) is 47.5. The molecule has 6 aromatic carbocycles. The smallest absolute Gasteiger partial charge is 0.343 e. The number of carbonyl (C=O) groups is 4. The number of hydrogen-bond acceptors (Lipinski definition) is 8. The Labute approximate surface area is 399 Å². The fourth-order valence-electron chi connectivity index (χ4n) is 4.72. The van der Waals surface area contributed by atoms with Crippen LogP contribution in [0.5, 0.6) is 11.5 Å². The van der Waals surface area contributed by atoms with Gasteiger partial charge in [-0.1, -0.05) is 178 Å². The van der Waals surface area contributed by atoms with Crippen LogP contribution in [0.2, 0.25) is 0 Å². The van der Waals surface area contributed by atoms with Crippen LogP contribution in [0.1, 0.15) is 101 Å². The summed E-state index contributed by atoms with van der Waals surface area (Å²) in [5.41, 5.74) is 2.92. The van der Waals surface area contributed by atoms with E-state index in [9.17, 15) is 19.2 Å². The summed E-state index contributed by atoms with van der Waals surface area (Å²) >= 11 is 0. The zero-order valence-corrected chi connectivity index (χ0v) is 40.4. The van der Waals surface area contributed by atoms with Crippen molar-refractivity contribution in [1.82, 2.24) is 0 Å². The molecule has 0 radical (unpaired) electrons. The summed E-state index contributed by atoms with van der Waals surface area (Å²) in [5, 5.41) is 0. The summed E-state index contributed by atoms with van der Waals surface area (Å²) in [5.74, 6) is -1.08. The van der Waals surface area contributed by atoms with E-state index in [0.717, 1.165) is 11.1 Å². The Bertz CT molecular complexity index is 2100. The third-order valence-corrected chi connectivity index (χ3v) is 8.12. The molecule has 0 aromatic heterocycles. The Morgan fingerprint density at radius 2 is 0.657 bits per heavy atom. The number of benzene rings is 6. The van der Waals surface area contributed by atoms with Crippen molar-refractivity contribution in [2.45, 2.75) is 60.8 Å². The summed E-state index contributed by atoms with van der Waals surface area (Å²) in [6, 6.07) is 51.0. The second-order valence-corrected chi connectivity index (χ2v) is 13.5. The van der Waals surface area contributed by atoms with Crippen molar-refractivity contribution in [2.24, 2.45) is 0 Å². The van der Waals surface area contributed by atoms with Gasteiger partial charge in [0, 0.05) is 0 Å². The van der Waals surface area contributed by atoms with Crippen LogP contribution in [0.25, 0.3) is 0 Å². The fourth-order valence-corrected chi connectivity index (χ4v) is 4.72. The maximum absolute atomic E-state index is 12.2. The zero-order chi connectivity index (χ0) is 49.9. The van der Waals surface area contributed by atoms with Crippen molar-refractivity contribution in [3.8, 4) is 11.5 Å². The maximum atomic E-state index is 12.2. The maximum Gasteiger partial charge on any atom is 0.343 e. The van der Waals surface area contributed by atoms with Crippen molar-refractivity contribution in [2.75, 3.05) is 14.2 Å². The van der Waals surface area contributed by atoms with Crippen LogP contribution in [0.15, 0.2) is 219 Å². The topological polar surface area (TPSA) is 105 Å². The number of ether oxygens (including phenoxy) is 4. The lowest BCUT2D eigenvalue weighted by atomic mass is 10.1. The molecule has 0 aliphatic rings. The van der Waals surface area contributed by atoms with Gasteiger partial charge in [0.2, 0.25) is 0 Å². The predicted molar refractivity (Wildman–Crippen MR) is 276 cm³/mol. The SMILES string of the molecule is C/C=C/C.C/C=C/C.C=CCc1ccccc1OC(=O)c1cccc(C(=O)OC)c1.C=CCc1ccccc1OC(=O)c1cccc(C(=O)OC)c1.CCC.c1ccccc1.c1ccccc1. The van der Waals surface area contributed by atoms with E-state index in [1.54, 1.807) is 72.8 Å². The second-order valence-electron chi connectivity index (χ2n) is 13.5. The first-order valence-corrected chi connectivity index (χ1v) is 21.9. The molecular formula is C59H68O8. The van der Waals surface area contributed by atoms with Crippen molar-refractivity contribution >= 4 is 23.9 Å². The highest BCUT2D eigenvalue weighted by Gasteiger charge is 2.15. The number of methoxy groups -OCH3 is 2. The molecule has 8 nitrogen and oxygen atoms in total. The molecule has 8 heteroatoms. The minimum absolute atomic E-state index is 0.288. The first-order valence-electron chi connectivity index (χ1n) is 21.9. The standard InChI is InChI=1S/2C18H16O4.2C6H6.2C4H8.C3H8/c2*1-3-7-13-8-4-5-11-16(13)22-18(20)15-10-6-9-14(12-15)17(19)21-2;2*1-2-4-6-5-3-1;2*1-3-4-2;1-3-2/h2*3-6,8-12H,1,7H2,2H3;2*1-6H;2*3-4H,1-2H3;3H2,1-2H3/b;;;;2*4-3+;. The van der Waals surface area contributed by atoms with Gasteiger partial charge < -0.3 is 18.9 Å². The number of carbonyl (C=O) groups excluding carboxylic acids is 4. The average molecular weight is 905 g/mol. The first-order chi connectivity index (χ1) is 32.5. The van der Waals surface area contributed by atoms with E-state index in [0.29, 0.717) is 35.5 Å². The minimum atomic E-state index is -0.526. The summed E-state index contributed by atoms with van der Waals surface area (Å²) in [7, 11) is 2.58. The summed E-state index contributed by atoms with van der Waals surface area (Å²) in [6.07, 6.45) is 13.9. The minimum Gasteiger partial charge on any atom is -0.465 e. The van der Waals surface area contributed by atoms with Crippen LogP contribution in [0.4, 0.5) is 0 Å². The van der Waals surface area contributed by atoms with Crippen molar-refractivity contribution in [3.05, 3.63) is 253 Å². The normalized spacial score (nSPS) is 9.31. The van der Waals surface area contributed by atoms with Gasteiger partial charge in [-0.05, 0) is 100 Å². The molecule has 0 heterocycles. The van der Waals surface area contributed by atoms with Gasteiger partial charge in [0.25, 0.3) is 0 Å². The van der Waals surface area contributed by atoms with Gasteiger partial charge in [0.15, 0.2) is 0 Å². The van der Waals surface area contributed by atoms with E-state index in [4.69, 9.17) is 9.47 Å². The third kappa shape index (κ3) is 27.2. The van der Waals surface area contributed by atoms with E-state index in [-0.39, 0.29) is 11.1 Å². The van der Waals surface area contributed by atoms with Gasteiger partial charge in [-0.25, -0.2) is 19.2 Å². The van der Waals surface area contributed by atoms with Crippen LogP contribution in [-0.4, -0.2) is 38.1 Å². The number of allylic oxidation sites excluding steroid dienone is 6. The highest BCUT2D eigenvalue weighted by Crippen LogP contribution is 2.22. The molecule has 0 N–H and O–H groups in total. The Morgan fingerprint density at radius 3 is 0.896 bits per heavy atom. The highest BCUT2D eigenvalue weighted by molar-refractivity contribution is 5.97. The molecule has 6 aromatic rings. The Hall–Kier alpha value is -7.84. The monoisotopic (exact) mass is 904 g/mol. The quantitative estimate of drug-likeness (QED) is 0.0760. The van der Waals surface area contributed by atoms with Gasteiger partial charge in [0.05, 0.1) is 36.5 Å². The largest absolute Gasteiger partial charge is 0.465 e. The number of para-hydroxylation sites is 2. The number of esters is 4. The summed E-state index contributed by atoms with van der Waals surface area (Å²) in [6.45, 7) is 19.6. The second kappa shape index (κ2) is 39.7. The van der Waals surface area contributed by atoms with Gasteiger partial charge in [0.1, 0.15) is 11.5 Å². The number of rotatable bonds is 10. The van der Waals surface area contributed by atoms with Gasteiger partial charge in [-0.15, -0.1) is 13.2 Å². The molecule has 0 bridgehead atoms. The van der Waals surface area contributed by atoms with Crippen LogP contribution in [0, 0.1) is 0 Å². The molecule has 6 rings (SSSR count). The molecule has 0 atom stereocenters. The van der Waals surface area contributed by atoms with Crippen molar-refractivity contribution < 1.29 is 38.1 Å². The molecule has 0 saturated heterocycles. The van der Waals surface area contributed by atoms with Crippen LogP contribution in [-0.2, 0) is 22.3 Å². The van der Waals surface area contributed by atoms with E-state index >= 15 is 0 Å². The Morgan fingerprint density at radius 1 is 0.403 bits per heavy atom. The Kier molecular flexibility index (Phi) is 35.1. The zero-order valence-electron chi connectivity index (χ0n) is 40.4. The molecule has 0 amide bonds. The lowest BCUT2D eigenvalue weighted by molar-refractivity contribution is 0.0591. The lowest BCUT2D eigenvalue weighted by Gasteiger charge is -2.09. The predicted octanol–water partition coefficient (Wildman–Crippen LogP) is 14.8. The van der Waals surface area contributed by atoms with Gasteiger partial charge >= 0.3 is 23.9 Å². The molecular weight excluding hydrogens is 837 g/mol.